The number of amides is 2. The number of thiazole rings is 1. The topological polar surface area (TPSA) is 74.8 Å². The predicted octanol–water partition coefficient (Wildman–Crippen LogP) is 2.23. The van der Waals surface area contributed by atoms with Crippen LogP contribution in [0.25, 0.3) is 0 Å². The van der Waals surface area contributed by atoms with E-state index in [-0.39, 0.29) is 35.3 Å². The van der Waals surface area contributed by atoms with Gasteiger partial charge in [0.1, 0.15) is 0 Å². The zero-order valence-electron chi connectivity index (χ0n) is 16.7. The van der Waals surface area contributed by atoms with E-state index in [9.17, 15) is 9.59 Å². The summed E-state index contributed by atoms with van der Waals surface area (Å²) in [6.45, 7) is 3.96. The van der Waals surface area contributed by atoms with Gasteiger partial charge in [-0.25, -0.2) is 4.98 Å². The fourth-order valence-electron chi connectivity index (χ4n) is 3.96. The minimum atomic E-state index is -0.240. The van der Waals surface area contributed by atoms with Crippen LogP contribution in [0.1, 0.15) is 39.8 Å². The normalized spacial score (nSPS) is 29.7. The molecule has 1 fully saturated rings. The molecule has 0 aromatic carbocycles. The second-order valence-corrected chi connectivity index (χ2v) is 10.6. The first kappa shape index (κ1) is 21.1. The third-order valence-corrected chi connectivity index (χ3v) is 8.64. The van der Waals surface area contributed by atoms with Gasteiger partial charge >= 0.3 is 0 Å². The highest BCUT2D eigenvalue weighted by Crippen LogP contribution is 2.35. The lowest BCUT2D eigenvalue weighted by atomic mass is 10.1. The lowest BCUT2D eigenvalue weighted by Gasteiger charge is -2.28. The third-order valence-electron chi connectivity index (χ3n) is 5.88. The van der Waals surface area contributed by atoms with E-state index < -0.39 is 0 Å². The Labute approximate surface area is 183 Å². The Hall–Kier alpha value is -1.13. The molecule has 4 heterocycles. The number of likely N-dealkylation sites (tertiary alicyclic amines) is 1. The van der Waals surface area contributed by atoms with Gasteiger partial charge in [-0.2, -0.15) is 0 Å². The van der Waals surface area contributed by atoms with E-state index in [4.69, 9.17) is 16.3 Å². The van der Waals surface area contributed by atoms with Crippen molar-refractivity contribution in [3.63, 3.8) is 0 Å². The van der Waals surface area contributed by atoms with Crippen LogP contribution in [-0.4, -0.2) is 77.8 Å². The number of hydrogen-bond acceptors (Lipinski definition) is 7. The smallest absolute Gasteiger partial charge is 0.283 e. The molecule has 1 aromatic heterocycles. The first-order valence-electron chi connectivity index (χ1n) is 9.72. The quantitative estimate of drug-likeness (QED) is 0.748. The minimum Gasteiger partial charge on any atom is -0.377 e. The standard InChI is InChI=1S/C19H25ClN4O3S2/c1-10-16-11(6-7-23(10)2)22-18(29-16)19(26)24-8-12(13(9-24)27-3)21-17(25)14-4-5-15(20)28-14/h5,10,12-14H,4,6-9H2,1-3H3,(H,21,25)/t10?,12-,13?,14?/m0/s1. The van der Waals surface area contributed by atoms with Crippen molar-refractivity contribution >= 4 is 46.5 Å². The summed E-state index contributed by atoms with van der Waals surface area (Å²) in [5.41, 5.74) is 1.04. The van der Waals surface area contributed by atoms with Crippen molar-refractivity contribution in [3.05, 3.63) is 26.0 Å². The van der Waals surface area contributed by atoms with Gasteiger partial charge in [-0.3, -0.25) is 14.5 Å². The highest BCUT2D eigenvalue weighted by Gasteiger charge is 2.39. The van der Waals surface area contributed by atoms with Gasteiger partial charge in [0.25, 0.3) is 5.91 Å². The van der Waals surface area contributed by atoms with Crippen molar-refractivity contribution in [3.8, 4) is 0 Å². The second kappa shape index (κ2) is 8.55. The van der Waals surface area contributed by atoms with E-state index in [0.29, 0.717) is 28.9 Å². The Morgan fingerprint density at radius 1 is 1.38 bits per heavy atom. The van der Waals surface area contributed by atoms with E-state index in [1.165, 1.54) is 28.0 Å². The summed E-state index contributed by atoms with van der Waals surface area (Å²) in [4.78, 5) is 35.5. The van der Waals surface area contributed by atoms with Crippen LogP contribution in [0, 0.1) is 0 Å². The van der Waals surface area contributed by atoms with E-state index in [1.54, 1.807) is 12.0 Å². The Morgan fingerprint density at radius 3 is 2.86 bits per heavy atom. The maximum atomic E-state index is 13.1. The molecule has 0 spiro atoms. The molecule has 1 aromatic rings. The third kappa shape index (κ3) is 4.20. The van der Waals surface area contributed by atoms with E-state index in [2.05, 4.69) is 29.2 Å². The van der Waals surface area contributed by atoms with Crippen LogP contribution in [0.3, 0.4) is 0 Å². The first-order chi connectivity index (χ1) is 13.9. The van der Waals surface area contributed by atoms with Crippen LogP contribution in [-0.2, 0) is 16.0 Å². The largest absolute Gasteiger partial charge is 0.377 e. The Balaban J connectivity index is 1.42. The predicted molar refractivity (Wildman–Crippen MR) is 115 cm³/mol. The molecule has 4 rings (SSSR count). The first-order valence-corrected chi connectivity index (χ1v) is 11.8. The maximum absolute atomic E-state index is 13.1. The maximum Gasteiger partial charge on any atom is 0.283 e. The molecule has 1 N–H and O–H groups in total. The summed E-state index contributed by atoms with van der Waals surface area (Å²) in [5, 5.41) is 3.36. The number of nitrogens with zero attached hydrogens (tertiary/aromatic N) is 3. The van der Waals surface area contributed by atoms with Crippen LogP contribution < -0.4 is 5.32 Å². The molecule has 1 saturated heterocycles. The monoisotopic (exact) mass is 456 g/mol. The van der Waals surface area contributed by atoms with Crippen LogP contribution in [0.15, 0.2) is 10.4 Å². The molecule has 10 heteroatoms. The van der Waals surface area contributed by atoms with Crippen LogP contribution in [0.5, 0.6) is 0 Å². The zero-order valence-corrected chi connectivity index (χ0v) is 19.1. The summed E-state index contributed by atoms with van der Waals surface area (Å²) >= 11 is 8.83. The number of rotatable bonds is 4. The molecule has 0 aliphatic carbocycles. The number of methoxy groups -OCH3 is 1. The number of thioether (sulfide) groups is 1. The average Bonchev–Trinajstić information content (AvgIpc) is 3.42. The molecule has 3 aliphatic heterocycles. The highest BCUT2D eigenvalue weighted by molar-refractivity contribution is 8.06. The summed E-state index contributed by atoms with van der Waals surface area (Å²) < 4.78 is 6.22. The lowest BCUT2D eigenvalue weighted by Crippen LogP contribution is -2.46. The number of aromatic nitrogens is 1. The number of allylic oxidation sites excluding steroid dienone is 1. The van der Waals surface area contributed by atoms with Gasteiger partial charge in [-0.1, -0.05) is 17.7 Å². The molecule has 158 valence electrons. The van der Waals surface area contributed by atoms with Gasteiger partial charge in [0.2, 0.25) is 5.91 Å². The number of likely N-dealkylation sites (N-methyl/N-ethyl adjacent to an activating group) is 1. The van der Waals surface area contributed by atoms with Crippen LogP contribution in [0.2, 0.25) is 0 Å². The van der Waals surface area contributed by atoms with Gasteiger partial charge in [-0.15, -0.1) is 23.1 Å². The number of hydrogen-bond donors (Lipinski definition) is 1. The van der Waals surface area contributed by atoms with Crippen molar-refractivity contribution in [2.75, 3.05) is 33.8 Å². The molecule has 4 atom stereocenters. The van der Waals surface area contributed by atoms with Crippen molar-refractivity contribution in [1.29, 1.82) is 0 Å². The summed E-state index contributed by atoms with van der Waals surface area (Å²) in [7, 11) is 3.71. The number of carbonyl (C=O) groups excluding carboxylic acids is 2. The van der Waals surface area contributed by atoms with E-state index in [1.807, 2.05) is 6.08 Å². The molecule has 7 nitrogen and oxygen atoms in total. The van der Waals surface area contributed by atoms with Crippen molar-refractivity contribution in [1.82, 2.24) is 20.1 Å². The van der Waals surface area contributed by atoms with Gasteiger partial charge in [0.15, 0.2) is 5.01 Å². The number of ether oxygens (including phenoxy) is 1. The van der Waals surface area contributed by atoms with E-state index in [0.717, 1.165) is 18.7 Å². The van der Waals surface area contributed by atoms with Crippen molar-refractivity contribution < 1.29 is 14.3 Å². The van der Waals surface area contributed by atoms with Gasteiger partial charge in [-0.05, 0) is 20.4 Å². The highest BCUT2D eigenvalue weighted by atomic mass is 35.5. The second-order valence-electron chi connectivity index (χ2n) is 7.69. The zero-order chi connectivity index (χ0) is 20.7. The summed E-state index contributed by atoms with van der Waals surface area (Å²) in [6.07, 6.45) is 3.11. The van der Waals surface area contributed by atoms with Crippen molar-refractivity contribution in [2.24, 2.45) is 0 Å². The number of carbonyl (C=O) groups is 2. The average molecular weight is 457 g/mol. The Bertz CT molecular complexity index is 845. The summed E-state index contributed by atoms with van der Waals surface area (Å²) in [6, 6.07) is 0.0375. The fraction of sp³-hybridized carbons (Fsp3) is 0.632. The summed E-state index contributed by atoms with van der Waals surface area (Å²) in [5.74, 6) is -0.150. The molecule has 0 radical (unpaired) electrons. The molecule has 3 aliphatic rings. The SMILES string of the molecule is COC1CN(C(=O)c2nc3c(s2)C(C)N(C)CC3)C[C@@H]1NC(=O)C1CC=C(Cl)S1. The molecule has 3 unspecified atom stereocenters. The number of nitrogens with one attached hydrogen (secondary N) is 1. The van der Waals surface area contributed by atoms with Crippen LogP contribution >= 0.6 is 34.7 Å². The van der Waals surface area contributed by atoms with Gasteiger partial charge in [0, 0.05) is 44.1 Å². The molecular weight excluding hydrogens is 432 g/mol. The number of fused-ring (bicyclic) bond motifs is 1. The van der Waals surface area contributed by atoms with Crippen molar-refractivity contribution in [2.45, 2.75) is 43.2 Å². The molecule has 0 saturated carbocycles. The Morgan fingerprint density at radius 2 is 2.17 bits per heavy atom. The van der Waals surface area contributed by atoms with E-state index >= 15 is 0 Å². The van der Waals surface area contributed by atoms with Crippen LogP contribution in [0.4, 0.5) is 0 Å². The van der Waals surface area contributed by atoms with Gasteiger partial charge in [0.05, 0.1) is 27.5 Å². The Kier molecular flexibility index (Phi) is 6.22. The molecule has 29 heavy (non-hydrogen) atoms. The van der Waals surface area contributed by atoms with Gasteiger partial charge < -0.3 is 15.0 Å². The number of halogens is 1. The lowest BCUT2D eigenvalue weighted by molar-refractivity contribution is -0.121. The molecule has 0 bridgehead atoms. The molecule has 2 amide bonds. The fourth-order valence-corrected chi connectivity index (χ4v) is 6.40. The minimum absolute atomic E-state index is 0.0650. The molecular formula is C19H25ClN4O3S2.